The van der Waals surface area contributed by atoms with E-state index in [4.69, 9.17) is 21.7 Å². The molecule has 5 rings (SSSR count). The van der Waals surface area contributed by atoms with Crippen LogP contribution in [-0.2, 0) is 10.0 Å². The molecule has 0 radical (unpaired) electrons. The number of rotatable bonds is 5. The quantitative estimate of drug-likeness (QED) is 0.528. The zero-order valence-electron chi connectivity index (χ0n) is 20.7. The molecule has 1 atom stereocenters. The van der Waals surface area contributed by atoms with E-state index >= 15 is 0 Å². The number of aryl methyl sites for hydroxylation is 1. The standard InChI is InChI=1S/C25H31ClN6O3S/c1-16-13-30(14-16)24-17(2)15-32-23(27-24)12-21(28-32)22-7-5-4-6-10-31(22)25(33)19-11-18(26)8-9-20(19)29-36(3,34)35/h8-9,11-12,15-16,22,29H,4-7,10,13-14H2,1-3H3. The van der Waals surface area contributed by atoms with E-state index in [1.54, 1.807) is 15.5 Å². The number of carbonyl (C=O) groups is 1. The molecule has 36 heavy (non-hydrogen) atoms. The first-order valence-corrected chi connectivity index (χ1v) is 14.6. The zero-order valence-corrected chi connectivity index (χ0v) is 22.3. The highest BCUT2D eigenvalue weighted by atomic mass is 35.5. The van der Waals surface area contributed by atoms with Crippen LogP contribution in [0.5, 0.6) is 0 Å². The van der Waals surface area contributed by atoms with E-state index < -0.39 is 10.0 Å². The fourth-order valence-electron chi connectivity index (χ4n) is 5.17. The van der Waals surface area contributed by atoms with Gasteiger partial charge in [0.25, 0.3) is 5.91 Å². The van der Waals surface area contributed by atoms with Gasteiger partial charge in [-0.3, -0.25) is 9.52 Å². The number of amides is 1. The molecule has 2 aliphatic rings. The number of fused-ring (bicyclic) bond motifs is 1. The number of hydrogen-bond donors (Lipinski definition) is 1. The van der Waals surface area contributed by atoms with Gasteiger partial charge in [-0.2, -0.15) is 5.10 Å². The number of likely N-dealkylation sites (tertiary alicyclic amines) is 1. The van der Waals surface area contributed by atoms with Crippen molar-refractivity contribution in [2.45, 2.75) is 45.6 Å². The maximum Gasteiger partial charge on any atom is 0.256 e. The van der Waals surface area contributed by atoms with E-state index in [0.29, 0.717) is 17.5 Å². The van der Waals surface area contributed by atoms with E-state index in [2.05, 4.69) is 16.5 Å². The number of aromatic nitrogens is 3. The summed E-state index contributed by atoms with van der Waals surface area (Å²) in [6.07, 6.45) is 6.66. The van der Waals surface area contributed by atoms with Crippen molar-refractivity contribution in [1.29, 1.82) is 0 Å². The molecule has 192 valence electrons. The Bertz CT molecular complexity index is 1420. The first kappa shape index (κ1) is 24.8. The van der Waals surface area contributed by atoms with Gasteiger partial charge in [0.15, 0.2) is 5.65 Å². The van der Waals surface area contributed by atoms with Crippen LogP contribution in [0.3, 0.4) is 0 Å². The van der Waals surface area contributed by atoms with Gasteiger partial charge in [-0.25, -0.2) is 17.9 Å². The molecule has 11 heteroatoms. The topological polar surface area (TPSA) is 99.9 Å². The number of carbonyl (C=O) groups excluding carboxylic acids is 1. The lowest BCUT2D eigenvalue weighted by Gasteiger charge is -2.38. The Balaban J connectivity index is 1.51. The summed E-state index contributed by atoms with van der Waals surface area (Å²) in [6, 6.07) is 6.33. The lowest BCUT2D eigenvalue weighted by Crippen LogP contribution is -2.46. The highest BCUT2D eigenvalue weighted by Crippen LogP contribution is 2.34. The van der Waals surface area contributed by atoms with Gasteiger partial charge in [-0.1, -0.05) is 31.4 Å². The summed E-state index contributed by atoms with van der Waals surface area (Å²) < 4.78 is 28.1. The Morgan fingerprint density at radius 3 is 2.67 bits per heavy atom. The third-order valence-corrected chi connectivity index (χ3v) is 7.68. The Labute approximate surface area is 216 Å². The molecule has 3 aromatic rings. The molecule has 2 aliphatic heterocycles. The van der Waals surface area contributed by atoms with Gasteiger partial charge in [0.05, 0.1) is 29.2 Å². The van der Waals surface area contributed by atoms with Gasteiger partial charge in [0.2, 0.25) is 10.0 Å². The van der Waals surface area contributed by atoms with Crippen LogP contribution in [0.2, 0.25) is 5.02 Å². The fourth-order valence-corrected chi connectivity index (χ4v) is 5.92. The van der Waals surface area contributed by atoms with E-state index in [1.165, 1.54) is 12.1 Å². The van der Waals surface area contributed by atoms with Crippen LogP contribution in [0.15, 0.2) is 30.5 Å². The molecule has 0 saturated carbocycles. The van der Waals surface area contributed by atoms with Gasteiger partial charge in [-0.15, -0.1) is 0 Å². The lowest BCUT2D eigenvalue weighted by atomic mass is 10.0. The largest absolute Gasteiger partial charge is 0.356 e. The summed E-state index contributed by atoms with van der Waals surface area (Å²) >= 11 is 6.22. The first-order valence-electron chi connectivity index (χ1n) is 12.3. The average molecular weight is 531 g/mol. The molecular formula is C25H31ClN6O3S. The molecule has 1 N–H and O–H groups in total. The number of sulfonamides is 1. The molecule has 1 aromatic carbocycles. The van der Waals surface area contributed by atoms with Crippen molar-refractivity contribution in [3.05, 3.63) is 52.3 Å². The average Bonchev–Trinajstić information content (AvgIpc) is 3.03. The Kier molecular flexibility index (Phi) is 6.59. The number of hydrogen-bond acceptors (Lipinski definition) is 6. The smallest absolute Gasteiger partial charge is 0.256 e. The molecule has 2 saturated heterocycles. The zero-order chi connectivity index (χ0) is 25.6. The molecule has 0 bridgehead atoms. The van der Waals surface area contributed by atoms with Crippen molar-refractivity contribution in [3.63, 3.8) is 0 Å². The maximum atomic E-state index is 13.9. The second kappa shape index (κ2) is 9.55. The molecule has 0 aliphatic carbocycles. The second-order valence-corrected chi connectivity index (χ2v) is 12.2. The van der Waals surface area contributed by atoms with Crippen LogP contribution < -0.4 is 9.62 Å². The number of nitrogens with zero attached hydrogens (tertiary/aromatic N) is 5. The van der Waals surface area contributed by atoms with Gasteiger partial charge < -0.3 is 9.80 Å². The van der Waals surface area contributed by atoms with Crippen molar-refractivity contribution in [3.8, 4) is 0 Å². The third-order valence-electron chi connectivity index (χ3n) is 6.85. The van der Waals surface area contributed by atoms with Crippen LogP contribution in [-0.4, -0.2) is 59.7 Å². The predicted molar refractivity (Wildman–Crippen MR) is 141 cm³/mol. The number of benzene rings is 1. The summed E-state index contributed by atoms with van der Waals surface area (Å²) in [7, 11) is -3.57. The van der Waals surface area contributed by atoms with Gasteiger partial charge in [-0.05, 0) is 43.9 Å². The van der Waals surface area contributed by atoms with Crippen LogP contribution in [0.4, 0.5) is 11.5 Å². The number of nitrogens with one attached hydrogen (secondary N) is 1. The minimum atomic E-state index is -3.57. The van der Waals surface area contributed by atoms with Crippen LogP contribution in [0.25, 0.3) is 5.65 Å². The molecule has 2 aromatic heterocycles. The van der Waals surface area contributed by atoms with Gasteiger partial charge >= 0.3 is 0 Å². The molecule has 2 fully saturated rings. The summed E-state index contributed by atoms with van der Waals surface area (Å²) in [5, 5.41) is 5.19. The molecular weight excluding hydrogens is 500 g/mol. The number of halogens is 1. The monoisotopic (exact) mass is 530 g/mol. The van der Waals surface area contributed by atoms with E-state index in [9.17, 15) is 13.2 Å². The highest BCUT2D eigenvalue weighted by Gasteiger charge is 2.32. The SMILES string of the molecule is Cc1cn2nc(C3CCCCCN3C(=O)c3cc(Cl)ccc3NS(C)(=O)=O)cc2nc1N1CC(C)C1. The second-order valence-electron chi connectivity index (χ2n) is 10.1. The van der Waals surface area contributed by atoms with Crippen molar-refractivity contribution in [2.75, 3.05) is 35.5 Å². The molecule has 1 amide bonds. The van der Waals surface area contributed by atoms with Crippen LogP contribution >= 0.6 is 11.6 Å². The summed E-state index contributed by atoms with van der Waals surface area (Å²) in [5.74, 6) is 1.38. The molecule has 9 nitrogen and oxygen atoms in total. The minimum absolute atomic E-state index is 0.218. The number of anilines is 2. The summed E-state index contributed by atoms with van der Waals surface area (Å²) in [5.41, 5.74) is 3.05. The van der Waals surface area contributed by atoms with Crippen LogP contribution in [0.1, 0.15) is 60.3 Å². The van der Waals surface area contributed by atoms with E-state index in [-0.39, 0.29) is 23.2 Å². The fraction of sp³-hybridized carbons (Fsp3) is 0.480. The first-order chi connectivity index (χ1) is 17.1. The predicted octanol–water partition coefficient (Wildman–Crippen LogP) is 4.28. The Morgan fingerprint density at radius 2 is 1.94 bits per heavy atom. The molecule has 1 unspecified atom stereocenters. The van der Waals surface area contributed by atoms with Gasteiger partial charge in [0.1, 0.15) is 5.82 Å². The third kappa shape index (κ3) is 5.01. The normalized spacial score (nSPS) is 19.3. The lowest BCUT2D eigenvalue weighted by molar-refractivity contribution is 0.0678. The Morgan fingerprint density at radius 1 is 1.17 bits per heavy atom. The maximum absolute atomic E-state index is 13.9. The van der Waals surface area contributed by atoms with Crippen molar-refractivity contribution < 1.29 is 13.2 Å². The summed E-state index contributed by atoms with van der Waals surface area (Å²) in [4.78, 5) is 22.8. The Hall–Kier alpha value is -2.85. The molecule has 0 spiro atoms. The molecule has 4 heterocycles. The highest BCUT2D eigenvalue weighted by molar-refractivity contribution is 7.92. The van der Waals surface area contributed by atoms with Gasteiger partial charge in [0, 0.05) is 42.5 Å². The van der Waals surface area contributed by atoms with E-state index in [1.807, 2.05) is 19.2 Å². The van der Waals surface area contributed by atoms with E-state index in [0.717, 1.165) is 67.8 Å². The van der Waals surface area contributed by atoms with Crippen LogP contribution in [0, 0.1) is 12.8 Å². The van der Waals surface area contributed by atoms with Crippen molar-refractivity contribution in [2.24, 2.45) is 5.92 Å². The van der Waals surface area contributed by atoms with Crippen molar-refractivity contribution in [1.82, 2.24) is 19.5 Å². The minimum Gasteiger partial charge on any atom is -0.356 e. The van der Waals surface area contributed by atoms with Crippen molar-refractivity contribution >= 4 is 44.7 Å². The summed E-state index contributed by atoms with van der Waals surface area (Å²) in [6.45, 7) is 6.82.